The van der Waals surface area contributed by atoms with Crippen molar-refractivity contribution in [3.05, 3.63) is 29.8 Å². The van der Waals surface area contributed by atoms with Crippen LogP contribution in [0.25, 0.3) is 0 Å². The van der Waals surface area contributed by atoms with Gasteiger partial charge in [0.2, 0.25) is 0 Å². The molecule has 0 amide bonds. The molecule has 1 saturated heterocycles. The van der Waals surface area contributed by atoms with E-state index in [4.69, 9.17) is 0 Å². The third-order valence-corrected chi connectivity index (χ3v) is 6.41. The van der Waals surface area contributed by atoms with Crippen LogP contribution in [-0.2, 0) is 11.3 Å². The molecule has 4 heteroatoms. The van der Waals surface area contributed by atoms with E-state index in [1.807, 2.05) is 13.8 Å². The van der Waals surface area contributed by atoms with Crippen LogP contribution in [0.5, 0.6) is 0 Å². The molecule has 1 aliphatic heterocycles. The number of benzene rings is 1. The number of carbonyl (C=O) groups is 1. The van der Waals surface area contributed by atoms with Gasteiger partial charge in [0.15, 0.2) is 0 Å². The van der Waals surface area contributed by atoms with E-state index >= 15 is 0 Å². The Kier molecular flexibility index (Phi) is 10.9. The molecule has 170 valence electrons. The van der Waals surface area contributed by atoms with Crippen LogP contribution in [0.4, 0.5) is 5.69 Å². The Labute approximate surface area is 185 Å². The standard InChI is InChI=1S/C26H45N3O/c1-22(2)26(30)11-9-7-6-8-10-16-27(5)21-24-12-14-25(15-13-24)29-19-17-28(18-20-29)23(3)4/h12-15,22-23H,6-11,16-21H2,1-5H3. The van der Waals surface area contributed by atoms with Crippen LogP contribution in [0.15, 0.2) is 24.3 Å². The molecule has 0 spiro atoms. The lowest BCUT2D eigenvalue weighted by Crippen LogP contribution is -2.48. The molecule has 1 aromatic rings. The first-order valence-electron chi connectivity index (χ1n) is 12.2. The van der Waals surface area contributed by atoms with Gasteiger partial charge in [-0.1, -0.05) is 45.2 Å². The topological polar surface area (TPSA) is 26.8 Å². The average molecular weight is 416 g/mol. The van der Waals surface area contributed by atoms with E-state index in [0.29, 0.717) is 11.8 Å². The van der Waals surface area contributed by atoms with Crippen LogP contribution >= 0.6 is 0 Å². The highest BCUT2D eigenvalue weighted by Crippen LogP contribution is 2.19. The summed E-state index contributed by atoms with van der Waals surface area (Å²) in [7, 11) is 2.22. The van der Waals surface area contributed by atoms with E-state index in [0.717, 1.165) is 52.1 Å². The lowest BCUT2D eigenvalue weighted by molar-refractivity contribution is -0.122. The summed E-state index contributed by atoms with van der Waals surface area (Å²) in [6.07, 6.45) is 6.77. The van der Waals surface area contributed by atoms with Crippen LogP contribution < -0.4 is 4.90 Å². The van der Waals surface area contributed by atoms with E-state index < -0.39 is 0 Å². The van der Waals surface area contributed by atoms with Gasteiger partial charge in [-0.25, -0.2) is 0 Å². The highest BCUT2D eigenvalue weighted by atomic mass is 16.1. The zero-order valence-electron chi connectivity index (χ0n) is 20.2. The van der Waals surface area contributed by atoms with Crippen molar-refractivity contribution in [3.8, 4) is 0 Å². The molecule has 0 aliphatic carbocycles. The minimum Gasteiger partial charge on any atom is -0.369 e. The summed E-state index contributed by atoms with van der Waals surface area (Å²) in [5, 5.41) is 0. The maximum Gasteiger partial charge on any atom is 0.135 e. The number of anilines is 1. The van der Waals surface area contributed by atoms with Gasteiger partial charge in [0, 0.05) is 56.8 Å². The first-order valence-corrected chi connectivity index (χ1v) is 12.2. The molecule has 0 saturated carbocycles. The highest BCUT2D eigenvalue weighted by Gasteiger charge is 2.18. The lowest BCUT2D eigenvalue weighted by atomic mass is 10.0. The van der Waals surface area contributed by atoms with Crippen molar-refractivity contribution in [1.82, 2.24) is 9.80 Å². The predicted octanol–water partition coefficient (Wildman–Crippen LogP) is 5.21. The molecule has 1 heterocycles. The van der Waals surface area contributed by atoms with Crippen LogP contribution in [0.3, 0.4) is 0 Å². The zero-order chi connectivity index (χ0) is 21.9. The number of Topliss-reactive ketones (excluding diaryl/α,β-unsaturated/α-hetero) is 1. The van der Waals surface area contributed by atoms with Crippen molar-refractivity contribution < 1.29 is 4.79 Å². The SMILES string of the molecule is CC(C)C(=O)CCCCCCCN(C)Cc1ccc(N2CCN(C(C)C)CC2)cc1. The Morgan fingerprint density at radius 1 is 0.900 bits per heavy atom. The van der Waals surface area contributed by atoms with E-state index in [-0.39, 0.29) is 5.92 Å². The van der Waals surface area contributed by atoms with Gasteiger partial charge in [0.1, 0.15) is 5.78 Å². The number of unbranched alkanes of at least 4 members (excludes halogenated alkanes) is 4. The first-order chi connectivity index (χ1) is 14.4. The fourth-order valence-corrected chi connectivity index (χ4v) is 4.20. The highest BCUT2D eigenvalue weighted by molar-refractivity contribution is 5.80. The number of ketones is 1. The fraction of sp³-hybridized carbons (Fsp3) is 0.731. The van der Waals surface area contributed by atoms with Crippen molar-refractivity contribution >= 4 is 11.5 Å². The van der Waals surface area contributed by atoms with Gasteiger partial charge in [-0.2, -0.15) is 0 Å². The predicted molar refractivity (Wildman–Crippen MR) is 129 cm³/mol. The molecule has 0 aromatic heterocycles. The molecule has 1 fully saturated rings. The van der Waals surface area contributed by atoms with Gasteiger partial charge in [-0.05, 0) is 58.0 Å². The molecule has 4 nitrogen and oxygen atoms in total. The largest absolute Gasteiger partial charge is 0.369 e. The normalized spacial score (nSPS) is 15.5. The van der Waals surface area contributed by atoms with Crippen molar-refractivity contribution in [2.45, 2.75) is 78.8 Å². The summed E-state index contributed by atoms with van der Waals surface area (Å²) in [6.45, 7) is 15.3. The van der Waals surface area contributed by atoms with Crippen molar-refractivity contribution in [1.29, 1.82) is 0 Å². The summed E-state index contributed by atoms with van der Waals surface area (Å²) in [6, 6.07) is 9.84. The number of hydrogen-bond donors (Lipinski definition) is 0. The van der Waals surface area contributed by atoms with Gasteiger partial charge in [0.25, 0.3) is 0 Å². The Balaban J connectivity index is 1.59. The van der Waals surface area contributed by atoms with E-state index in [1.165, 1.54) is 36.9 Å². The molecule has 1 aliphatic rings. The fourth-order valence-electron chi connectivity index (χ4n) is 4.20. The first kappa shape index (κ1) is 24.9. The van der Waals surface area contributed by atoms with Crippen LogP contribution in [0.2, 0.25) is 0 Å². The number of hydrogen-bond acceptors (Lipinski definition) is 4. The minimum absolute atomic E-state index is 0.197. The summed E-state index contributed by atoms with van der Waals surface area (Å²) in [5.41, 5.74) is 2.76. The molecule has 0 radical (unpaired) electrons. The van der Waals surface area contributed by atoms with Crippen LogP contribution in [0, 0.1) is 5.92 Å². The zero-order valence-corrected chi connectivity index (χ0v) is 20.2. The van der Waals surface area contributed by atoms with E-state index in [1.54, 1.807) is 0 Å². The van der Waals surface area contributed by atoms with Crippen molar-refractivity contribution in [2.75, 3.05) is 44.7 Å². The molecule has 0 bridgehead atoms. The quantitative estimate of drug-likeness (QED) is 0.413. The number of carbonyl (C=O) groups excluding carboxylic acids is 1. The summed E-state index contributed by atoms with van der Waals surface area (Å²) < 4.78 is 0. The van der Waals surface area contributed by atoms with Crippen molar-refractivity contribution in [3.63, 3.8) is 0 Å². The minimum atomic E-state index is 0.197. The maximum atomic E-state index is 11.6. The van der Waals surface area contributed by atoms with E-state index in [2.05, 4.69) is 59.9 Å². The number of piperazine rings is 1. The Morgan fingerprint density at radius 2 is 1.50 bits per heavy atom. The molecular formula is C26H45N3O. The average Bonchev–Trinajstić information content (AvgIpc) is 2.73. The summed E-state index contributed by atoms with van der Waals surface area (Å²) in [4.78, 5) is 19.1. The van der Waals surface area contributed by atoms with Crippen LogP contribution in [-0.4, -0.2) is 61.4 Å². The summed E-state index contributed by atoms with van der Waals surface area (Å²) in [5.74, 6) is 0.612. The van der Waals surface area contributed by atoms with Gasteiger partial charge >= 0.3 is 0 Å². The second-order valence-electron chi connectivity index (χ2n) is 9.66. The number of nitrogens with zero attached hydrogens (tertiary/aromatic N) is 3. The Bertz CT molecular complexity index is 603. The van der Waals surface area contributed by atoms with E-state index in [9.17, 15) is 4.79 Å². The maximum absolute atomic E-state index is 11.6. The van der Waals surface area contributed by atoms with Gasteiger partial charge in [-0.3, -0.25) is 9.69 Å². The van der Waals surface area contributed by atoms with Crippen molar-refractivity contribution in [2.24, 2.45) is 5.92 Å². The van der Waals surface area contributed by atoms with Gasteiger partial charge in [-0.15, -0.1) is 0 Å². The molecular weight excluding hydrogens is 370 g/mol. The molecule has 1 aromatic carbocycles. The van der Waals surface area contributed by atoms with Gasteiger partial charge in [0.05, 0.1) is 0 Å². The third kappa shape index (κ3) is 8.77. The Morgan fingerprint density at radius 3 is 2.10 bits per heavy atom. The molecule has 2 rings (SSSR count). The second-order valence-corrected chi connectivity index (χ2v) is 9.66. The van der Waals surface area contributed by atoms with Crippen LogP contribution in [0.1, 0.15) is 71.8 Å². The second kappa shape index (κ2) is 13.1. The smallest absolute Gasteiger partial charge is 0.135 e. The lowest BCUT2D eigenvalue weighted by Gasteiger charge is -2.38. The number of rotatable bonds is 13. The Hall–Kier alpha value is -1.39. The van der Waals surface area contributed by atoms with Gasteiger partial charge < -0.3 is 9.80 Å². The third-order valence-electron chi connectivity index (χ3n) is 6.41. The monoisotopic (exact) mass is 415 g/mol. The summed E-state index contributed by atoms with van der Waals surface area (Å²) >= 11 is 0. The molecule has 30 heavy (non-hydrogen) atoms. The molecule has 0 atom stereocenters. The molecule has 0 unspecified atom stereocenters. The molecule has 0 N–H and O–H groups in total.